The molecular weight excluding hydrogens is 230 g/mol. The van der Waals surface area contributed by atoms with Crippen LogP contribution in [0, 0.1) is 26.9 Å². The number of nitrogens with zero attached hydrogens (tertiary/aromatic N) is 2. The fraction of sp³-hybridized carbons (Fsp3) is 0.462. The van der Waals surface area contributed by atoms with Crippen molar-refractivity contribution >= 4 is 11.4 Å². The largest absolute Gasteiger partial charge is 0.379 e. The highest BCUT2D eigenvalue weighted by Crippen LogP contribution is 2.48. The number of para-hydroxylation sites is 1. The summed E-state index contributed by atoms with van der Waals surface area (Å²) in [6, 6.07) is 6.65. The predicted octanol–water partition coefficient (Wildman–Crippen LogP) is 3.07. The van der Waals surface area contributed by atoms with Crippen LogP contribution in [0.2, 0.25) is 0 Å². The number of nitrogens with one attached hydrogen (secondary N) is 1. The van der Waals surface area contributed by atoms with Crippen LogP contribution in [-0.4, -0.2) is 11.5 Å². The molecule has 0 saturated heterocycles. The summed E-state index contributed by atoms with van der Waals surface area (Å²) < 4.78 is 0. The molecule has 1 aromatic carbocycles. The van der Waals surface area contributed by atoms with Gasteiger partial charge in [-0.3, -0.25) is 10.1 Å². The molecule has 1 aromatic rings. The Bertz CT molecular complexity index is 515. The fourth-order valence-electron chi connectivity index (χ4n) is 2.09. The number of nitro benzene ring substituents is 1. The highest BCUT2D eigenvalue weighted by molar-refractivity contribution is 5.68. The average Bonchev–Trinajstić information content (AvgIpc) is 3.16. The molecule has 5 heteroatoms. The van der Waals surface area contributed by atoms with Crippen LogP contribution in [0.15, 0.2) is 18.2 Å². The van der Waals surface area contributed by atoms with E-state index in [-0.39, 0.29) is 11.3 Å². The second kappa shape index (κ2) is 4.65. The van der Waals surface area contributed by atoms with Gasteiger partial charge >= 0.3 is 5.69 Å². The minimum atomic E-state index is -0.494. The first-order chi connectivity index (χ1) is 8.62. The van der Waals surface area contributed by atoms with Gasteiger partial charge in [-0.1, -0.05) is 13.0 Å². The van der Waals surface area contributed by atoms with E-state index in [4.69, 9.17) is 5.26 Å². The Labute approximate surface area is 106 Å². The van der Waals surface area contributed by atoms with Gasteiger partial charge < -0.3 is 5.32 Å². The number of anilines is 1. The molecule has 0 aliphatic heterocycles. The average molecular weight is 245 g/mol. The van der Waals surface area contributed by atoms with Crippen molar-refractivity contribution in [3.8, 4) is 6.07 Å². The van der Waals surface area contributed by atoms with Crippen LogP contribution >= 0.6 is 0 Å². The molecule has 1 aliphatic rings. The molecule has 0 atom stereocenters. The molecule has 0 heterocycles. The Morgan fingerprint density at radius 1 is 1.56 bits per heavy atom. The second-order valence-corrected chi connectivity index (χ2v) is 4.78. The first-order valence-electron chi connectivity index (χ1n) is 6.03. The summed E-state index contributed by atoms with van der Waals surface area (Å²) in [6.07, 6.45) is 3.41. The van der Waals surface area contributed by atoms with Crippen LogP contribution in [0.25, 0.3) is 0 Å². The summed E-state index contributed by atoms with van der Waals surface area (Å²) in [5, 5.41) is 23.1. The summed E-state index contributed by atoms with van der Waals surface area (Å²) in [5.74, 6) is 0. The lowest BCUT2D eigenvalue weighted by molar-refractivity contribution is -0.384. The quantitative estimate of drug-likeness (QED) is 0.638. The maximum Gasteiger partial charge on any atom is 0.309 e. The zero-order chi connectivity index (χ0) is 13.2. The third kappa shape index (κ3) is 2.28. The SMILES string of the molecule is CCC1(CNc2cccc(C#N)c2[N+](=O)[O-])CC1. The molecule has 1 N–H and O–H groups in total. The molecule has 18 heavy (non-hydrogen) atoms. The van der Waals surface area contributed by atoms with Gasteiger partial charge in [-0.05, 0) is 36.8 Å². The van der Waals surface area contributed by atoms with Gasteiger partial charge in [-0.15, -0.1) is 0 Å². The van der Waals surface area contributed by atoms with Gasteiger partial charge in [-0.25, -0.2) is 0 Å². The lowest BCUT2D eigenvalue weighted by Crippen LogP contribution is -2.15. The van der Waals surface area contributed by atoms with Crippen LogP contribution in [0.5, 0.6) is 0 Å². The molecule has 0 spiro atoms. The first-order valence-corrected chi connectivity index (χ1v) is 6.03. The van der Waals surface area contributed by atoms with Gasteiger partial charge in [-0.2, -0.15) is 5.26 Å². The zero-order valence-corrected chi connectivity index (χ0v) is 10.3. The molecular formula is C13H15N3O2. The topological polar surface area (TPSA) is 79.0 Å². The van der Waals surface area contributed by atoms with E-state index in [0.29, 0.717) is 11.1 Å². The van der Waals surface area contributed by atoms with Gasteiger partial charge in [0.05, 0.1) is 4.92 Å². The number of rotatable bonds is 5. The highest BCUT2D eigenvalue weighted by atomic mass is 16.6. The van der Waals surface area contributed by atoms with E-state index < -0.39 is 4.92 Å². The van der Waals surface area contributed by atoms with Crippen molar-refractivity contribution in [3.63, 3.8) is 0 Å². The Hall–Kier alpha value is -2.09. The number of nitriles is 1. The first kappa shape index (κ1) is 12.4. The summed E-state index contributed by atoms with van der Waals surface area (Å²) in [7, 11) is 0. The summed E-state index contributed by atoms with van der Waals surface area (Å²) in [5.41, 5.74) is 0.730. The van der Waals surface area contributed by atoms with Crippen molar-refractivity contribution in [1.29, 1.82) is 5.26 Å². The van der Waals surface area contributed by atoms with Crippen molar-refractivity contribution in [2.75, 3.05) is 11.9 Å². The van der Waals surface area contributed by atoms with E-state index in [2.05, 4.69) is 12.2 Å². The lowest BCUT2D eigenvalue weighted by atomic mass is 10.0. The molecule has 0 amide bonds. The molecule has 0 unspecified atom stereocenters. The lowest BCUT2D eigenvalue weighted by Gasteiger charge is -2.14. The number of nitro groups is 1. The summed E-state index contributed by atoms with van der Waals surface area (Å²) in [4.78, 5) is 10.5. The Morgan fingerprint density at radius 3 is 2.78 bits per heavy atom. The summed E-state index contributed by atoms with van der Waals surface area (Å²) in [6.45, 7) is 2.87. The molecule has 1 fully saturated rings. The molecule has 5 nitrogen and oxygen atoms in total. The van der Waals surface area contributed by atoms with Crippen LogP contribution in [0.3, 0.4) is 0 Å². The molecule has 2 rings (SSSR count). The van der Waals surface area contributed by atoms with E-state index in [9.17, 15) is 10.1 Å². The van der Waals surface area contributed by atoms with Crippen molar-refractivity contribution in [2.24, 2.45) is 5.41 Å². The number of hydrogen-bond acceptors (Lipinski definition) is 4. The predicted molar refractivity (Wildman–Crippen MR) is 68.3 cm³/mol. The minimum absolute atomic E-state index is 0.103. The maximum atomic E-state index is 11.0. The smallest absolute Gasteiger partial charge is 0.309 e. The molecule has 1 aliphatic carbocycles. The van der Waals surface area contributed by atoms with Crippen LogP contribution in [-0.2, 0) is 0 Å². The van der Waals surface area contributed by atoms with Crippen LogP contribution in [0.1, 0.15) is 31.7 Å². The number of hydrogen-bond donors (Lipinski definition) is 1. The summed E-state index contributed by atoms with van der Waals surface area (Å²) >= 11 is 0. The molecule has 0 radical (unpaired) electrons. The molecule has 94 valence electrons. The van der Waals surface area contributed by atoms with E-state index in [0.717, 1.165) is 13.0 Å². The second-order valence-electron chi connectivity index (χ2n) is 4.78. The molecule has 0 bridgehead atoms. The third-order valence-corrected chi connectivity index (χ3v) is 3.70. The molecule has 1 saturated carbocycles. The Kier molecular flexibility index (Phi) is 3.19. The fourth-order valence-corrected chi connectivity index (χ4v) is 2.09. The van der Waals surface area contributed by atoms with Crippen molar-refractivity contribution in [2.45, 2.75) is 26.2 Å². The Balaban J connectivity index is 2.22. The van der Waals surface area contributed by atoms with Gasteiger partial charge in [0.2, 0.25) is 0 Å². The van der Waals surface area contributed by atoms with Gasteiger partial charge in [0.1, 0.15) is 17.3 Å². The molecule has 0 aromatic heterocycles. The van der Waals surface area contributed by atoms with Gasteiger partial charge in [0.25, 0.3) is 0 Å². The monoisotopic (exact) mass is 245 g/mol. The van der Waals surface area contributed by atoms with Crippen molar-refractivity contribution in [3.05, 3.63) is 33.9 Å². The van der Waals surface area contributed by atoms with E-state index in [1.807, 2.05) is 6.07 Å². The maximum absolute atomic E-state index is 11.0. The third-order valence-electron chi connectivity index (χ3n) is 3.70. The van der Waals surface area contributed by atoms with E-state index in [1.54, 1.807) is 12.1 Å². The normalized spacial score (nSPS) is 15.8. The number of benzene rings is 1. The Morgan fingerprint density at radius 2 is 2.28 bits per heavy atom. The van der Waals surface area contributed by atoms with Crippen LogP contribution in [0.4, 0.5) is 11.4 Å². The highest BCUT2D eigenvalue weighted by Gasteiger charge is 2.40. The van der Waals surface area contributed by atoms with Crippen LogP contribution < -0.4 is 5.32 Å². The van der Waals surface area contributed by atoms with Gasteiger partial charge in [0.15, 0.2) is 0 Å². The minimum Gasteiger partial charge on any atom is -0.379 e. The van der Waals surface area contributed by atoms with E-state index >= 15 is 0 Å². The zero-order valence-electron chi connectivity index (χ0n) is 10.3. The van der Waals surface area contributed by atoms with Gasteiger partial charge in [0, 0.05) is 6.54 Å². The standard InChI is InChI=1S/C13H15N3O2/c1-2-13(6-7-13)9-15-11-5-3-4-10(8-14)12(11)16(17)18/h3-5,15H,2,6-7,9H2,1H3. The van der Waals surface area contributed by atoms with E-state index in [1.165, 1.54) is 18.9 Å². The van der Waals surface area contributed by atoms with Crippen molar-refractivity contribution < 1.29 is 4.92 Å². The van der Waals surface area contributed by atoms with Crippen molar-refractivity contribution in [1.82, 2.24) is 0 Å².